The van der Waals surface area contributed by atoms with Gasteiger partial charge in [0.2, 0.25) is 0 Å². The van der Waals surface area contributed by atoms with Crippen LogP contribution in [0, 0.1) is 0 Å². The molecule has 0 unspecified atom stereocenters. The number of hydrogen-bond acceptors (Lipinski definition) is 5. The Kier molecular flexibility index (Phi) is 3.06. The molecule has 1 aliphatic rings. The molecule has 1 N–H and O–H groups in total. The molecule has 96 valence electrons. The maximum atomic E-state index is 11.9. The maximum Gasteiger partial charge on any atom is 0.271 e. The molecule has 1 aromatic carbocycles. The summed E-state index contributed by atoms with van der Waals surface area (Å²) in [7, 11) is 0. The summed E-state index contributed by atoms with van der Waals surface area (Å²) < 4.78 is 0. The van der Waals surface area contributed by atoms with Crippen molar-refractivity contribution >= 4 is 22.7 Å². The van der Waals surface area contributed by atoms with Gasteiger partial charge < -0.3 is 10.2 Å². The van der Waals surface area contributed by atoms with Gasteiger partial charge in [-0.05, 0) is 12.1 Å². The molecule has 0 spiro atoms. The quantitative estimate of drug-likeness (QED) is 0.893. The smallest absolute Gasteiger partial charge is 0.271 e. The van der Waals surface area contributed by atoms with Crippen LogP contribution in [0.1, 0.15) is 16.9 Å². The molecular weight excluding hydrogens is 244 g/mol. The number of hydrogen-bond donors (Lipinski definition) is 1. The van der Waals surface area contributed by atoms with Gasteiger partial charge >= 0.3 is 0 Å². The number of amides is 1. The Morgan fingerprint density at radius 2 is 2.16 bits per heavy atom. The Bertz CT molecular complexity index is 654. The summed E-state index contributed by atoms with van der Waals surface area (Å²) in [4.78, 5) is 25.3. The molecule has 1 amide bonds. The van der Waals surface area contributed by atoms with E-state index in [4.69, 9.17) is 4.84 Å². The van der Waals surface area contributed by atoms with E-state index in [1.54, 1.807) is 0 Å². The summed E-state index contributed by atoms with van der Waals surface area (Å²) in [6, 6.07) is 7.43. The summed E-state index contributed by atoms with van der Waals surface area (Å²) in [5.41, 5.74) is 2.62. The van der Waals surface area contributed by atoms with Crippen LogP contribution >= 0.6 is 0 Å². The number of carbonyl (C=O) groups excluding carboxylic acids is 1. The molecule has 6 heteroatoms. The topological polar surface area (TPSA) is 76.5 Å². The molecule has 1 aromatic heterocycles. The van der Waals surface area contributed by atoms with Crippen molar-refractivity contribution in [3.05, 3.63) is 36.2 Å². The molecule has 19 heavy (non-hydrogen) atoms. The first-order chi connectivity index (χ1) is 9.33. The predicted octanol–water partition coefficient (Wildman–Crippen LogP) is 1.14. The van der Waals surface area contributed by atoms with Crippen molar-refractivity contribution in [2.24, 2.45) is 5.16 Å². The normalized spacial score (nSPS) is 14.0. The molecule has 2 aromatic rings. The molecule has 0 fully saturated rings. The molecule has 0 saturated carbocycles. The van der Waals surface area contributed by atoms with Gasteiger partial charge in [-0.25, -0.2) is 4.98 Å². The highest BCUT2D eigenvalue weighted by Crippen LogP contribution is 2.08. The fourth-order valence-electron chi connectivity index (χ4n) is 1.81. The molecule has 0 bridgehead atoms. The minimum Gasteiger partial charge on any atom is -0.395 e. The van der Waals surface area contributed by atoms with Crippen LogP contribution in [-0.4, -0.2) is 34.7 Å². The number of carbonyl (C=O) groups is 1. The first-order valence-corrected chi connectivity index (χ1v) is 6.00. The first kappa shape index (κ1) is 11.6. The zero-order valence-electron chi connectivity index (χ0n) is 10.2. The van der Waals surface area contributed by atoms with E-state index in [0.29, 0.717) is 24.4 Å². The van der Waals surface area contributed by atoms with Crippen LogP contribution in [0.25, 0.3) is 11.0 Å². The monoisotopic (exact) mass is 256 g/mol. The highest BCUT2D eigenvalue weighted by Gasteiger charge is 2.12. The van der Waals surface area contributed by atoms with Crippen molar-refractivity contribution in [1.82, 2.24) is 15.3 Å². The van der Waals surface area contributed by atoms with Crippen molar-refractivity contribution in [1.29, 1.82) is 0 Å². The third kappa shape index (κ3) is 2.52. The van der Waals surface area contributed by atoms with Crippen LogP contribution in [0.15, 0.2) is 35.6 Å². The van der Waals surface area contributed by atoms with Crippen LogP contribution in [-0.2, 0) is 4.84 Å². The molecule has 2 heterocycles. The van der Waals surface area contributed by atoms with E-state index >= 15 is 0 Å². The SMILES string of the molecule is O=C(NCC1=NOCC1)c1cnc2ccccc2n1. The van der Waals surface area contributed by atoms with Gasteiger partial charge in [-0.3, -0.25) is 9.78 Å². The third-order valence-electron chi connectivity index (χ3n) is 2.81. The van der Waals surface area contributed by atoms with E-state index in [0.717, 1.165) is 17.6 Å². The van der Waals surface area contributed by atoms with Crippen molar-refractivity contribution in [3.8, 4) is 0 Å². The van der Waals surface area contributed by atoms with Gasteiger partial charge in [-0.1, -0.05) is 17.3 Å². The zero-order valence-corrected chi connectivity index (χ0v) is 10.2. The van der Waals surface area contributed by atoms with Gasteiger partial charge in [0.1, 0.15) is 12.3 Å². The van der Waals surface area contributed by atoms with Gasteiger partial charge in [0.15, 0.2) is 0 Å². The van der Waals surface area contributed by atoms with Gasteiger partial charge in [0.25, 0.3) is 5.91 Å². The third-order valence-corrected chi connectivity index (χ3v) is 2.81. The lowest BCUT2D eigenvalue weighted by Gasteiger charge is -2.04. The van der Waals surface area contributed by atoms with E-state index in [1.165, 1.54) is 6.20 Å². The Balaban J connectivity index is 1.73. The number of benzene rings is 1. The highest BCUT2D eigenvalue weighted by atomic mass is 16.6. The van der Waals surface area contributed by atoms with Gasteiger partial charge in [0, 0.05) is 6.42 Å². The average molecular weight is 256 g/mol. The first-order valence-electron chi connectivity index (χ1n) is 6.00. The number of oxime groups is 1. The Morgan fingerprint density at radius 3 is 2.95 bits per heavy atom. The number of rotatable bonds is 3. The molecule has 0 atom stereocenters. The Labute approximate surface area is 109 Å². The second-order valence-electron chi connectivity index (χ2n) is 4.17. The Hall–Kier alpha value is -2.50. The second-order valence-corrected chi connectivity index (χ2v) is 4.17. The highest BCUT2D eigenvalue weighted by molar-refractivity contribution is 5.97. The van der Waals surface area contributed by atoms with Crippen LogP contribution in [0.4, 0.5) is 0 Å². The summed E-state index contributed by atoms with van der Waals surface area (Å²) in [6.07, 6.45) is 2.23. The lowest BCUT2D eigenvalue weighted by Crippen LogP contribution is -2.29. The summed E-state index contributed by atoms with van der Waals surface area (Å²) in [5, 5.41) is 6.57. The van der Waals surface area contributed by atoms with Crippen molar-refractivity contribution in [2.75, 3.05) is 13.2 Å². The lowest BCUT2D eigenvalue weighted by atomic mass is 10.2. The van der Waals surface area contributed by atoms with Gasteiger partial charge in [0.05, 0.1) is 29.5 Å². The summed E-state index contributed by atoms with van der Waals surface area (Å²) in [5.74, 6) is -0.257. The minimum atomic E-state index is -0.257. The average Bonchev–Trinajstić information content (AvgIpc) is 2.97. The van der Waals surface area contributed by atoms with Crippen LogP contribution in [0.5, 0.6) is 0 Å². The van der Waals surface area contributed by atoms with Crippen LogP contribution in [0.3, 0.4) is 0 Å². The maximum absolute atomic E-state index is 11.9. The van der Waals surface area contributed by atoms with E-state index in [1.807, 2.05) is 24.3 Å². The fraction of sp³-hybridized carbons (Fsp3) is 0.231. The van der Waals surface area contributed by atoms with Crippen LogP contribution < -0.4 is 5.32 Å². The molecule has 6 nitrogen and oxygen atoms in total. The lowest BCUT2D eigenvalue weighted by molar-refractivity contribution is 0.0954. The molecule has 0 aliphatic carbocycles. The van der Waals surface area contributed by atoms with E-state index < -0.39 is 0 Å². The predicted molar refractivity (Wildman–Crippen MR) is 69.9 cm³/mol. The molecule has 0 saturated heterocycles. The summed E-state index contributed by atoms with van der Waals surface area (Å²) in [6.45, 7) is 0.967. The Morgan fingerprint density at radius 1 is 1.32 bits per heavy atom. The van der Waals surface area contributed by atoms with Crippen molar-refractivity contribution < 1.29 is 9.63 Å². The van der Waals surface area contributed by atoms with Crippen molar-refractivity contribution in [2.45, 2.75) is 6.42 Å². The minimum absolute atomic E-state index is 0.257. The fourth-order valence-corrected chi connectivity index (χ4v) is 1.81. The second kappa shape index (κ2) is 5.01. The van der Waals surface area contributed by atoms with E-state index in [9.17, 15) is 4.79 Å². The van der Waals surface area contributed by atoms with Crippen LogP contribution in [0.2, 0.25) is 0 Å². The van der Waals surface area contributed by atoms with Crippen molar-refractivity contribution in [3.63, 3.8) is 0 Å². The summed E-state index contributed by atoms with van der Waals surface area (Å²) >= 11 is 0. The standard InChI is InChI=1S/C13H12N4O2/c18-13(15-7-9-5-6-19-17-9)12-8-14-10-3-1-2-4-11(10)16-12/h1-4,8H,5-7H2,(H,15,18). The largest absolute Gasteiger partial charge is 0.395 e. The number of aromatic nitrogens is 2. The number of fused-ring (bicyclic) bond motifs is 1. The number of para-hydroxylation sites is 2. The molecule has 1 aliphatic heterocycles. The number of nitrogens with zero attached hydrogens (tertiary/aromatic N) is 3. The molecule has 0 radical (unpaired) electrons. The molecule has 3 rings (SSSR count). The van der Waals surface area contributed by atoms with E-state index in [-0.39, 0.29) is 5.91 Å². The van der Waals surface area contributed by atoms with E-state index in [2.05, 4.69) is 20.4 Å². The van der Waals surface area contributed by atoms with Gasteiger partial charge in [-0.2, -0.15) is 0 Å². The number of nitrogens with one attached hydrogen (secondary N) is 1. The molecular formula is C13H12N4O2. The van der Waals surface area contributed by atoms with Gasteiger partial charge in [-0.15, -0.1) is 0 Å². The zero-order chi connectivity index (χ0) is 13.1.